The van der Waals surface area contributed by atoms with Gasteiger partial charge in [-0.25, -0.2) is 4.57 Å². The summed E-state index contributed by atoms with van der Waals surface area (Å²) in [5, 5.41) is 0. The van der Waals surface area contributed by atoms with Gasteiger partial charge in [-0.2, -0.15) is 0 Å². The molecule has 0 aromatic heterocycles. The van der Waals surface area contributed by atoms with E-state index in [2.05, 4.69) is 27.7 Å². The zero-order valence-corrected chi connectivity index (χ0v) is 16.0. The molecule has 0 rings (SSSR count). The fraction of sp³-hybridized carbons (Fsp3) is 1.00. The number of phosphoric ester groups is 1. The third-order valence-corrected chi connectivity index (χ3v) is 5.18. The van der Waals surface area contributed by atoms with Crippen LogP contribution in [0.2, 0.25) is 0 Å². The van der Waals surface area contributed by atoms with Gasteiger partial charge in [-0.05, 0) is 24.7 Å². The Labute approximate surface area is 137 Å². The average Bonchev–Trinajstić information content (AvgIpc) is 2.38. The second kappa shape index (κ2) is 11.6. The number of hydrogen-bond donors (Lipinski definition) is 2. The summed E-state index contributed by atoms with van der Waals surface area (Å²) in [6, 6.07) is 0. The normalized spacial score (nSPS) is 14.3. The monoisotopic (exact) mass is 336 g/mol. The van der Waals surface area contributed by atoms with Gasteiger partial charge >= 0.3 is 7.82 Å². The van der Waals surface area contributed by atoms with Gasteiger partial charge in [-0.3, -0.25) is 4.52 Å². The minimum atomic E-state index is -4.43. The summed E-state index contributed by atoms with van der Waals surface area (Å²) in [7, 11) is -4.43. The van der Waals surface area contributed by atoms with E-state index in [1.807, 2.05) is 6.92 Å². The summed E-state index contributed by atoms with van der Waals surface area (Å²) in [6.45, 7) is 10.6. The summed E-state index contributed by atoms with van der Waals surface area (Å²) < 4.78 is 16.4. The van der Waals surface area contributed by atoms with Crippen LogP contribution in [0.25, 0.3) is 0 Å². The van der Waals surface area contributed by atoms with E-state index in [1.165, 1.54) is 0 Å². The molecule has 0 fully saturated rings. The Hall–Kier alpha value is 0.110. The summed E-state index contributed by atoms with van der Waals surface area (Å²) in [4.78, 5) is 18.4. The third-order valence-electron chi connectivity index (χ3n) is 4.57. The largest absolute Gasteiger partial charge is 0.469 e. The molecule has 22 heavy (non-hydrogen) atoms. The SMILES string of the molecule is CCCC(CCC)C(C(CCC)CCC)C(C)OP(=O)(O)O. The Morgan fingerprint density at radius 1 is 0.818 bits per heavy atom. The molecule has 5 heteroatoms. The van der Waals surface area contributed by atoms with E-state index in [4.69, 9.17) is 4.52 Å². The predicted octanol–water partition coefficient (Wildman–Crippen LogP) is 5.53. The molecule has 2 N–H and O–H groups in total. The van der Waals surface area contributed by atoms with E-state index >= 15 is 0 Å². The molecular formula is C17H37O4P. The van der Waals surface area contributed by atoms with E-state index < -0.39 is 13.9 Å². The highest BCUT2D eigenvalue weighted by Crippen LogP contribution is 2.44. The fourth-order valence-corrected chi connectivity index (χ4v) is 4.55. The van der Waals surface area contributed by atoms with E-state index in [9.17, 15) is 14.4 Å². The Bertz CT molecular complexity index is 288. The Morgan fingerprint density at radius 2 is 1.14 bits per heavy atom. The molecule has 0 aliphatic rings. The van der Waals surface area contributed by atoms with Gasteiger partial charge < -0.3 is 9.79 Å². The van der Waals surface area contributed by atoms with Crippen LogP contribution in [0.1, 0.15) is 86.0 Å². The number of rotatable bonds is 13. The highest BCUT2D eigenvalue weighted by Gasteiger charge is 2.35. The molecule has 0 aromatic carbocycles. The first-order chi connectivity index (χ1) is 10.3. The van der Waals surface area contributed by atoms with Gasteiger partial charge in [-0.1, -0.05) is 79.1 Å². The van der Waals surface area contributed by atoms with Gasteiger partial charge in [0.05, 0.1) is 6.10 Å². The lowest BCUT2D eigenvalue weighted by Gasteiger charge is -2.38. The molecule has 1 unspecified atom stereocenters. The number of phosphoric acid groups is 1. The van der Waals surface area contributed by atoms with Crippen LogP contribution in [0.3, 0.4) is 0 Å². The Balaban J connectivity index is 5.34. The quantitative estimate of drug-likeness (QED) is 0.434. The van der Waals surface area contributed by atoms with Crippen LogP contribution < -0.4 is 0 Å². The van der Waals surface area contributed by atoms with Crippen LogP contribution in [-0.4, -0.2) is 15.9 Å². The van der Waals surface area contributed by atoms with Crippen LogP contribution in [-0.2, 0) is 9.09 Å². The lowest BCUT2D eigenvalue weighted by molar-refractivity contribution is 0.0291. The highest BCUT2D eigenvalue weighted by atomic mass is 31.2. The maximum absolute atomic E-state index is 11.3. The first-order valence-electron chi connectivity index (χ1n) is 9.04. The zero-order chi connectivity index (χ0) is 17.2. The second-order valence-corrected chi connectivity index (χ2v) is 7.75. The van der Waals surface area contributed by atoms with Crippen molar-refractivity contribution in [1.29, 1.82) is 0 Å². The minimum absolute atomic E-state index is 0.229. The van der Waals surface area contributed by atoms with Crippen molar-refractivity contribution in [2.45, 2.75) is 92.1 Å². The Morgan fingerprint density at radius 3 is 1.36 bits per heavy atom. The van der Waals surface area contributed by atoms with Crippen molar-refractivity contribution in [1.82, 2.24) is 0 Å². The molecule has 0 saturated carbocycles. The molecule has 0 heterocycles. The van der Waals surface area contributed by atoms with Gasteiger partial charge in [0, 0.05) is 0 Å². The molecule has 134 valence electrons. The van der Waals surface area contributed by atoms with Crippen molar-refractivity contribution in [2.24, 2.45) is 17.8 Å². The topological polar surface area (TPSA) is 66.8 Å². The molecule has 0 radical (unpaired) electrons. The molecule has 0 bridgehead atoms. The van der Waals surface area contributed by atoms with Crippen LogP contribution >= 0.6 is 7.82 Å². The first kappa shape index (κ1) is 22.1. The van der Waals surface area contributed by atoms with Crippen molar-refractivity contribution in [3.8, 4) is 0 Å². The Kier molecular flexibility index (Phi) is 11.7. The molecule has 0 aromatic rings. The standard InChI is InChI=1S/C17H37O4P/c1-6-10-15(11-7-2)17(14(5)21-22(18,19)20)16(12-8-3)13-9-4/h14-17H,6-13H2,1-5H3,(H2,18,19,20). The third kappa shape index (κ3) is 8.67. The van der Waals surface area contributed by atoms with Crippen molar-refractivity contribution >= 4 is 7.82 Å². The smallest absolute Gasteiger partial charge is 0.303 e. The lowest BCUT2D eigenvalue weighted by atomic mass is 9.71. The summed E-state index contributed by atoms with van der Waals surface area (Å²) >= 11 is 0. The van der Waals surface area contributed by atoms with E-state index in [1.54, 1.807) is 0 Å². The predicted molar refractivity (Wildman–Crippen MR) is 92.7 cm³/mol. The van der Waals surface area contributed by atoms with Crippen LogP contribution in [0.4, 0.5) is 0 Å². The molecule has 4 nitrogen and oxygen atoms in total. The average molecular weight is 336 g/mol. The second-order valence-electron chi connectivity index (χ2n) is 6.55. The first-order valence-corrected chi connectivity index (χ1v) is 10.6. The van der Waals surface area contributed by atoms with Gasteiger partial charge in [-0.15, -0.1) is 0 Å². The van der Waals surface area contributed by atoms with Crippen molar-refractivity contribution < 1.29 is 18.9 Å². The van der Waals surface area contributed by atoms with E-state index in [0.29, 0.717) is 11.8 Å². The van der Waals surface area contributed by atoms with E-state index in [0.717, 1.165) is 51.4 Å². The molecule has 0 aliphatic heterocycles. The zero-order valence-electron chi connectivity index (χ0n) is 15.1. The number of hydrogen-bond acceptors (Lipinski definition) is 2. The van der Waals surface area contributed by atoms with Crippen LogP contribution in [0, 0.1) is 17.8 Å². The maximum Gasteiger partial charge on any atom is 0.469 e. The van der Waals surface area contributed by atoms with Gasteiger partial charge in [0.15, 0.2) is 0 Å². The fourth-order valence-electron chi connectivity index (χ4n) is 3.98. The van der Waals surface area contributed by atoms with Gasteiger partial charge in [0.25, 0.3) is 0 Å². The van der Waals surface area contributed by atoms with Crippen LogP contribution in [0.15, 0.2) is 0 Å². The van der Waals surface area contributed by atoms with Crippen molar-refractivity contribution in [3.63, 3.8) is 0 Å². The summed E-state index contributed by atoms with van der Waals surface area (Å²) in [6.07, 6.45) is 8.46. The molecule has 0 amide bonds. The molecule has 0 spiro atoms. The molecule has 1 atom stereocenters. The van der Waals surface area contributed by atoms with Gasteiger partial charge in [0.2, 0.25) is 0 Å². The molecule has 0 aliphatic carbocycles. The van der Waals surface area contributed by atoms with Crippen molar-refractivity contribution in [2.75, 3.05) is 0 Å². The van der Waals surface area contributed by atoms with Gasteiger partial charge in [0.1, 0.15) is 0 Å². The molecule has 0 saturated heterocycles. The lowest BCUT2D eigenvalue weighted by Crippen LogP contribution is -2.34. The van der Waals surface area contributed by atoms with Crippen molar-refractivity contribution in [3.05, 3.63) is 0 Å². The minimum Gasteiger partial charge on any atom is -0.303 e. The van der Waals surface area contributed by atoms with E-state index in [-0.39, 0.29) is 5.92 Å². The van der Waals surface area contributed by atoms with Crippen LogP contribution in [0.5, 0.6) is 0 Å². The summed E-state index contributed by atoms with van der Waals surface area (Å²) in [5.74, 6) is 1.20. The molecular weight excluding hydrogens is 299 g/mol. The highest BCUT2D eigenvalue weighted by molar-refractivity contribution is 7.46. The maximum atomic E-state index is 11.3. The summed E-state index contributed by atoms with van der Waals surface area (Å²) in [5.41, 5.74) is 0.